The fourth-order valence-corrected chi connectivity index (χ4v) is 2.84. The van der Waals surface area contributed by atoms with Crippen LogP contribution < -0.4 is 20.3 Å². The zero-order valence-corrected chi connectivity index (χ0v) is 16.4. The van der Waals surface area contributed by atoms with Gasteiger partial charge in [0.05, 0.1) is 19.9 Å². The SMILES string of the molecule is COc1cc(OC)cc(C(=O)NCCCn2nc(-c3ccccc3)ccc2=O)c1. The van der Waals surface area contributed by atoms with Crippen LogP contribution in [0.4, 0.5) is 0 Å². The van der Waals surface area contributed by atoms with Crippen LogP contribution in [0.25, 0.3) is 11.3 Å². The van der Waals surface area contributed by atoms with E-state index in [0.29, 0.717) is 36.6 Å². The third kappa shape index (κ3) is 5.22. The van der Waals surface area contributed by atoms with Crippen molar-refractivity contribution in [3.63, 3.8) is 0 Å². The number of carbonyl (C=O) groups is 1. The van der Waals surface area contributed by atoms with E-state index in [1.54, 1.807) is 24.3 Å². The van der Waals surface area contributed by atoms with E-state index in [0.717, 1.165) is 11.3 Å². The van der Waals surface area contributed by atoms with Gasteiger partial charge in [0.2, 0.25) is 0 Å². The molecule has 7 nitrogen and oxygen atoms in total. The minimum atomic E-state index is -0.236. The Morgan fingerprint density at radius 2 is 1.69 bits per heavy atom. The number of hydrogen-bond donors (Lipinski definition) is 1. The smallest absolute Gasteiger partial charge is 0.266 e. The number of ether oxygens (including phenoxy) is 2. The van der Waals surface area contributed by atoms with E-state index in [4.69, 9.17) is 9.47 Å². The maximum atomic E-state index is 12.4. The quantitative estimate of drug-likeness (QED) is 0.595. The van der Waals surface area contributed by atoms with Gasteiger partial charge in [-0.25, -0.2) is 4.68 Å². The van der Waals surface area contributed by atoms with Crippen LogP contribution in [0.3, 0.4) is 0 Å². The van der Waals surface area contributed by atoms with Crippen molar-refractivity contribution in [3.8, 4) is 22.8 Å². The van der Waals surface area contributed by atoms with Gasteiger partial charge in [-0.2, -0.15) is 5.10 Å². The van der Waals surface area contributed by atoms with E-state index >= 15 is 0 Å². The van der Waals surface area contributed by atoms with Gasteiger partial charge in [-0.15, -0.1) is 0 Å². The summed E-state index contributed by atoms with van der Waals surface area (Å²) in [4.78, 5) is 24.5. The summed E-state index contributed by atoms with van der Waals surface area (Å²) in [6.45, 7) is 0.809. The molecule has 0 fully saturated rings. The second-order valence-corrected chi connectivity index (χ2v) is 6.36. The first-order valence-electron chi connectivity index (χ1n) is 9.25. The number of nitrogens with zero attached hydrogens (tertiary/aromatic N) is 2. The maximum absolute atomic E-state index is 12.4. The number of aryl methyl sites for hydroxylation is 1. The van der Waals surface area contributed by atoms with Gasteiger partial charge in [-0.1, -0.05) is 30.3 Å². The van der Waals surface area contributed by atoms with Crippen LogP contribution in [0.2, 0.25) is 0 Å². The number of benzene rings is 2. The summed E-state index contributed by atoms with van der Waals surface area (Å²) in [6.07, 6.45) is 0.567. The number of carbonyl (C=O) groups excluding carboxylic acids is 1. The standard InChI is InChI=1S/C22H23N3O4/c1-28-18-13-17(14-19(15-18)29-2)22(27)23-11-6-12-25-21(26)10-9-20(24-25)16-7-4-3-5-8-16/h3-5,7-10,13-15H,6,11-12H2,1-2H3,(H,23,27). The van der Waals surface area contributed by atoms with Crippen LogP contribution in [0.15, 0.2) is 65.5 Å². The van der Waals surface area contributed by atoms with Crippen LogP contribution in [-0.2, 0) is 6.54 Å². The molecule has 0 spiro atoms. The average Bonchev–Trinajstić information content (AvgIpc) is 2.77. The van der Waals surface area contributed by atoms with Crippen molar-refractivity contribution in [2.24, 2.45) is 0 Å². The van der Waals surface area contributed by atoms with E-state index in [1.807, 2.05) is 30.3 Å². The molecule has 150 valence electrons. The lowest BCUT2D eigenvalue weighted by Crippen LogP contribution is -2.28. The molecule has 0 aliphatic carbocycles. The maximum Gasteiger partial charge on any atom is 0.266 e. The van der Waals surface area contributed by atoms with Gasteiger partial charge in [-0.3, -0.25) is 9.59 Å². The average molecular weight is 393 g/mol. The molecule has 3 aromatic rings. The Bertz CT molecular complexity index is 1010. The molecule has 1 N–H and O–H groups in total. The summed E-state index contributed by atoms with van der Waals surface area (Å²) in [6, 6.07) is 17.9. The minimum Gasteiger partial charge on any atom is -0.497 e. The van der Waals surface area contributed by atoms with Gasteiger partial charge in [0.25, 0.3) is 11.5 Å². The highest BCUT2D eigenvalue weighted by Crippen LogP contribution is 2.22. The fraction of sp³-hybridized carbons (Fsp3) is 0.227. The van der Waals surface area contributed by atoms with Crippen molar-refractivity contribution in [2.75, 3.05) is 20.8 Å². The van der Waals surface area contributed by atoms with Crippen molar-refractivity contribution in [1.82, 2.24) is 15.1 Å². The molecule has 0 unspecified atom stereocenters. The minimum absolute atomic E-state index is 0.173. The molecule has 7 heteroatoms. The Balaban J connectivity index is 1.59. The molecule has 0 saturated carbocycles. The first-order valence-corrected chi connectivity index (χ1v) is 9.25. The van der Waals surface area contributed by atoms with Crippen molar-refractivity contribution in [1.29, 1.82) is 0 Å². The molecule has 0 atom stereocenters. The largest absolute Gasteiger partial charge is 0.497 e. The molecular formula is C22H23N3O4. The predicted octanol–water partition coefficient (Wildman–Crippen LogP) is 2.75. The van der Waals surface area contributed by atoms with Gasteiger partial charge in [0.15, 0.2) is 0 Å². The fourth-order valence-electron chi connectivity index (χ4n) is 2.84. The highest BCUT2D eigenvalue weighted by molar-refractivity contribution is 5.95. The Morgan fingerprint density at radius 3 is 2.34 bits per heavy atom. The van der Waals surface area contributed by atoms with E-state index in [1.165, 1.54) is 25.0 Å². The number of amides is 1. The van der Waals surface area contributed by atoms with Gasteiger partial charge in [-0.05, 0) is 24.6 Å². The zero-order valence-electron chi connectivity index (χ0n) is 16.4. The number of hydrogen-bond acceptors (Lipinski definition) is 5. The van der Waals surface area contributed by atoms with Crippen LogP contribution in [0, 0.1) is 0 Å². The molecular weight excluding hydrogens is 370 g/mol. The Hall–Kier alpha value is -3.61. The lowest BCUT2D eigenvalue weighted by molar-refractivity contribution is 0.0952. The number of nitrogens with one attached hydrogen (secondary N) is 1. The van der Waals surface area contributed by atoms with Crippen LogP contribution in [-0.4, -0.2) is 36.5 Å². The summed E-state index contributed by atoms with van der Waals surface area (Å²) >= 11 is 0. The van der Waals surface area contributed by atoms with Crippen molar-refractivity contribution < 1.29 is 14.3 Å². The molecule has 0 saturated heterocycles. The third-order valence-electron chi connectivity index (χ3n) is 4.38. The van der Waals surface area contributed by atoms with Gasteiger partial charge >= 0.3 is 0 Å². The molecule has 29 heavy (non-hydrogen) atoms. The Kier molecular flexibility index (Phi) is 6.63. The second kappa shape index (κ2) is 9.54. The van der Waals surface area contributed by atoms with Crippen LogP contribution in [0.5, 0.6) is 11.5 Å². The highest BCUT2D eigenvalue weighted by atomic mass is 16.5. The van der Waals surface area contributed by atoms with Crippen LogP contribution >= 0.6 is 0 Å². The van der Waals surface area contributed by atoms with Crippen molar-refractivity contribution in [2.45, 2.75) is 13.0 Å². The number of aromatic nitrogens is 2. The second-order valence-electron chi connectivity index (χ2n) is 6.36. The molecule has 1 amide bonds. The summed E-state index contributed by atoms with van der Waals surface area (Å²) in [5.41, 5.74) is 1.95. The van der Waals surface area contributed by atoms with Gasteiger partial charge in [0, 0.05) is 36.3 Å². The summed E-state index contributed by atoms with van der Waals surface area (Å²) in [5.74, 6) is 0.853. The lowest BCUT2D eigenvalue weighted by atomic mass is 10.1. The Labute approximate surface area is 168 Å². The monoisotopic (exact) mass is 393 g/mol. The third-order valence-corrected chi connectivity index (χ3v) is 4.38. The van der Waals surface area contributed by atoms with Gasteiger partial charge < -0.3 is 14.8 Å². The summed E-state index contributed by atoms with van der Waals surface area (Å²) < 4.78 is 11.8. The molecule has 1 heterocycles. The van der Waals surface area contributed by atoms with E-state index in [-0.39, 0.29) is 11.5 Å². The van der Waals surface area contributed by atoms with Gasteiger partial charge in [0.1, 0.15) is 11.5 Å². The first kappa shape index (κ1) is 20.1. The lowest BCUT2D eigenvalue weighted by Gasteiger charge is -2.10. The van der Waals surface area contributed by atoms with Crippen molar-refractivity contribution >= 4 is 5.91 Å². The predicted molar refractivity (Wildman–Crippen MR) is 110 cm³/mol. The molecule has 0 aliphatic heterocycles. The van der Waals surface area contributed by atoms with E-state index in [2.05, 4.69) is 10.4 Å². The molecule has 3 rings (SSSR count). The van der Waals surface area contributed by atoms with E-state index < -0.39 is 0 Å². The normalized spacial score (nSPS) is 10.4. The molecule has 1 aromatic heterocycles. The van der Waals surface area contributed by atoms with Crippen molar-refractivity contribution in [3.05, 3.63) is 76.6 Å². The van der Waals surface area contributed by atoms with Crippen LogP contribution in [0.1, 0.15) is 16.8 Å². The van der Waals surface area contributed by atoms with E-state index in [9.17, 15) is 9.59 Å². The molecule has 0 radical (unpaired) electrons. The highest BCUT2D eigenvalue weighted by Gasteiger charge is 2.10. The molecule has 2 aromatic carbocycles. The number of rotatable bonds is 8. The summed E-state index contributed by atoms with van der Waals surface area (Å²) in [5, 5.41) is 7.27. The molecule has 0 aliphatic rings. The number of methoxy groups -OCH3 is 2. The Morgan fingerprint density at radius 1 is 1.00 bits per heavy atom. The topological polar surface area (TPSA) is 82.4 Å². The zero-order chi connectivity index (χ0) is 20.6. The molecule has 0 bridgehead atoms. The summed E-state index contributed by atoms with van der Waals surface area (Å²) in [7, 11) is 3.06. The first-order chi connectivity index (χ1) is 14.1.